The minimum absolute atomic E-state index is 0.0102. The first kappa shape index (κ1) is 17.5. The first-order valence-electron chi connectivity index (χ1n) is 8.52. The van der Waals surface area contributed by atoms with Crippen LogP contribution in [0.25, 0.3) is 0 Å². The monoisotopic (exact) mass is 359 g/mol. The largest absolute Gasteiger partial charge is 0.353 e. The third kappa shape index (κ3) is 5.32. The van der Waals surface area contributed by atoms with E-state index in [1.165, 1.54) is 55.6 Å². The van der Waals surface area contributed by atoms with Crippen molar-refractivity contribution in [2.45, 2.75) is 51.0 Å². The maximum Gasteiger partial charge on any atom is 0.277 e. The van der Waals surface area contributed by atoms with Gasteiger partial charge in [-0.3, -0.25) is 19.9 Å². The van der Waals surface area contributed by atoms with Crippen LogP contribution in [0.2, 0.25) is 0 Å². The Bertz CT molecular complexity index is 711. The van der Waals surface area contributed by atoms with Gasteiger partial charge < -0.3 is 5.32 Å². The normalized spacial score (nSPS) is 15.4. The molecule has 8 heteroatoms. The lowest BCUT2D eigenvalue weighted by atomic mass is 10.1. The highest BCUT2D eigenvalue weighted by Crippen LogP contribution is 2.19. The van der Waals surface area contributed by atoms with E-state index in [9.17, 15) is 9.59 Å². The van der Waals surface area contributed by atoms with Crippen LogP contribution < -0.4 is 10.6 Å². The Morgan fingerprint density at radius 2 is 1.96 bits per heavy atom. The Kier molecular flexibility index (Phi) is 6.05. The summed E-state index contributed by atoms with van der Waals surface area (Å²) in [6.07, 6.45) is 11.6. The number of nitrogens with zero attached hydrogens (tertiary/aromatic N) is 3. The van der Waals surface area contributed by atoms with Crippen molar-refractivity contribution in [3.8, 4) is 0 Å². The van der Waals surface area contributed by atoms with E-state index in [1.807, 2.05) is 0 Å². The summed E-state index contributed by atoms with van der Waals surface area (Å²) in [6.45, 7) is 0. The first-order chi connectivity index (χ1) is 12.2. The van der Waals surface area contributed by atoms with Crippen LogP contribution in [-0.4, -0.2) is 32.8 Å². The molecule has 2 aromatic heterocycles. The van der Waals surface area contributed by atoms with E-state index in [4.69, 9.17) is 0 Å². The molecule has 2 N–H and O–H groups in total. The number of aromatic nitrogens is 3. The standard InChI is InChI=1S/C17H21N5O2S/c23-15(20-12-5-3-1-2-4-6-12)9-13-11-25-17(21-13)22-16(24)14-10-18-7-8-19-14/h7-8,10-12H,1-6,9H2,(H,20,23)(H,21,22,24). The summed E-state index contributed by atoms with van der Waals surface area (Å²) in [5.41, 5.74) is 0.885. The number of carbonyl (C=O) groups excluding carboxylic acids is 2. The predicted molar refractivity (Wildman–Crippen MR) is 95.4 cm³/mol. The Balaban J connectivity index is 1.51. The molecule has 132 valence electrons. The maximum atomic E-state index is 12.2. The third-order valence-corrected chi connectivity index (χ3v) is 4.94. The summed E-state index contributed by atoms with van der Waals surface area (Å²) in [5.74, 6) is -0.374. The van der Waals surface area contributed by atoms with Crippen molar-refractivity contribution in [3.05, 3.63) is 35.4 Å². The number of hydrogen-bond acceptors (Lipinski definition) is 6. The Morgan fingerprint density at radius 3 is 2.68 bits per heavy atom. The number of amides is 2. The summed E-state index contributed by atoms with van der Waals surface area (Å²) in [4.78, 5) is 36.3. The molecule has 7 nitrogen and oxygen atoms in total. The molecule has 1 fully saturated rings. The molecule has 0 bridgehead atoms. The van der Waals surface area contributed by atoms with Crippen LogP contribution in [0.15, 0.2) is 24.0 Å². The van der Waals surface area contributed by atoms with Gasteiger partial charge in [-0.1, -0.05) is 25.7 Å². The Hall–Kier alpha value is -2.35. The van der Waals surface area contributed by atoms with Crippen LogP contribution >= 0.6 is 11.3 Å². The number of carbonyl (C=O) groups is 2. The van der Waals surface area contributed by atoms with Gasteiger partial charge in [-0.25, -0.2) is 9.97 Å². The van der Waals surface area contributed by atoms with Gasteiger partial charge in [0.2, 0.25) is 5.91 Å². The number of anilines is 1. The van der Waals surface area contributed by atoms with Crippen LogP contribution in [-0.2, 0) is 11.2 Å². The number of nitrogens with one attached hydrogen (secondary N) is 2. The summed E-state index contributed by atoms with van der Waals surface area (Å²) in [5, 5.41) is 8.02. The van der Waals surface area contributed by atoms with E-state index in [1.54, 1.807) is 5.38 Å². The van der Waals surface area contributed by atoms with Gasteiger partial charge in [-0.05, 0) is 12.8 Å². The van der Waals surface area contributed by atoms with Crippen molar-refractivity contribution in [3.63, 3.8) is 0 Å². The fourth-order valence-corrected chi connectivity index (χ4v) is 3.60. The van der Waals surface area contributed by atoms with Crippen LogP contribution in [0.4, 0.5) is 5.13 Å². The van der Waals surface area contributed by atoms with Gasteiger partial charge in [0.05, 0.1) is 18.3 Å². The highest BCUT2D eigenvalue weighted by molar-refractivity contribution is 7.14. The van der Waals surface area contributed by atoms with Gasteiger partial charge in [-0.15, -0.1) is 11.3 Å². The van der Waals surface area contributed by atoms with E-state index < -0.39 is 0 Å². The van der Waals surface area contributed by atoms with E-state index in [0.29, 0.717) is 10.8 Å². The van der Waals surface area contributed by atoms with E-state index >= 15 is 0 Å². The molecule has 2 amide bonds. The molecule has 2 aromatic rings. The van der Waals surface area contributed by atoms with Crippen molar-refractivity contribution >= 4 is 28.3 Å². The van der Waals surface area contributed by atoms with Crippen molar-refractivity contribution in [2.75, 3.05) is 5.32 Å². The summed E-state index contributed by atoms with van der Waals surface area (Å²) < 4.78 is 0. The number of thiazole rings is 1. The molecule has 0 atom stereocenters. The van der Waals surface area contributed by atoms with Crippen LogP contribution in [0.3, 0.4) is 0 Å². The van der Waals surface area contributed by atoms with Crippen LogP contribution in [0, 0.1) is 0 Å². The number of hydrogen-bond donors (Lipinski definition) is 2. The molecule has 2 heterocycles. The molecular weight excluding hydrogens is 338 g/mol. The van der Waals surface area contributed by atoms with Crippen LogP contribution in [0.5, 0.6) is 0 Å². The van der Waals surface area contributed by atoms with Crippen LogP contribution in [0.1, 0.15) is 54.7 Å². The molecule has 1 saturated carbocycles. The molecule has 0 unspecified atom stereocenters. The zero-order valence-corrected chi connectivity index (χ0v) is 14.7. The van der Waals surface area contributed by atoms with Crippen molar-refractivity contribution < 1.29 is 9.59 Å². The highest BCUT2D eigenvalue weighted by Gasteiger charge is 2.16. The lowest BCUT2D eigenvalue weighted by Crippen LogP contribution is -2.35. The first-order valence-corrected chi connectivity index (χ1v) is 9.40. The highest BCUT2D eigenvalue weighted by atomic mass is 32.1. The second kappa shape index (κ2) is 8.66. The quantitative estimate of drug-likeness (QED) is 0.800. The van der Waals surface area contributed by atoms with Gasteiger partial charge in [0, 0.05) is 23.8 Å². The molecule has 0 aliphatic heterocycles. The van der Waals surface area contributed by atoms with Gasteiger partial charge in [0.25, 0.3) is 5.91 Å². The lowest BCUT2D eigenvalue weighted by molar-refractivity contribution is -0.121. The smallest absolute Gasteiger partial charge is 0.277 e. The molecule has 3 rings (SSSR count). The van der Waals surface area contributed by atoms with Gasteiger partial charge in [0.1, 0.15) is 5.69 Å². The van der Waals surface area contributed by atoms with Gasteiger partial charge in [0.15, 0.2) is 5.13 Å². The average Bonchev–Trinajstić information content (AvgIpc) is 2.88. The molecule has 0 radical (unpaired) electrons. The van der Waals surface area contributed by atoms with Gasteiger partial charge >= 0.3 is 0 Å². The molecule has 1 aliphatic rings. The molecule has 1 aliphatic carbocycles. The molecule has 0 aromatic carbocycles. The summed E-state index contributed by atoms with van der Waals surface area (Å²) >= 11 is 1.29. The fraction of sp³-hybridized carbons (Fsp3) is 0.471. The second-order valence-electron chi connectivity index (χ2n) is 6.12. The summed E-state index contributed by atoms with van der Waals surface area (Å²) in [6, 6.07) is 0.282. The lowest BCUT2D eigenvalue weighted by Gasteiger charge is -2.15. The minimum atomic E-state index is -0.364. The molecule has 0 spiro atoms. The van der Waals surface area contributed by atoms with E-state index in [0.717, 1.165) is 12.8 Å². The predicted octanol–water partition coefficient (Wildman–Crippen LogP) is 2.57. The maximum absolute atomic E-state index is 12.2. The van der Waals surface area contributed by atoms with E-state index in [-0.39, 0.29) is 30.0 Å². The number of rotatable bonds is 5. The Labute approximate surface area is 150 Å². The second-order valence-corrected chi connectivity index (χ2v) is 6.98. The average molecular weight is 359 g/mol. The molecule has 25 heavy (non-hydrogen) atoms. The SMILES string of the molecule is O=C(Cc1csc(NC(=O)c2cnccn2)n1)NC1CCCCCC1. The Morgan fingerprint density at radius 1 is 1.16 bits per heavy atom. The molecular formula is C17H21N5O2S. The zero-order chi connectivity index (χ0) is 17.5. The topological polar surface area (TPSA) is 96.9 Å². The third-order valence-electron chi connectivity index (χ3n) is 4.13. The van der Waals surface area contributed by atoms with Crippen molar-refractivity contribution in [1.29, 1.82) is 0 Å². The van der Waals surface area contributed by atoms with Gasteiger partial charge in [-0.2, -0.15) is 0 Å². The van der Waals surface area contributed by atoms with Crippen molar-refractivity contribution in [2.24, 2.45) is 0 Å². The summed E-state index contributed by atoms with van der Waals surface area (Å²) in [7, 11) is 0. The zero-order valence-electron chi connectivity index (χ0n) is 13.9. The van der Waals surface area contributed by atoms with Crippen molar-refractivity contribution in [1.82, 2.24) is 20.3 Å². The molecule has 0 saturated heterocycles. The van der Waals surface area contributed by atoms with E-state index in [2.05, 4.69) is 25.6 Å². The minimum Gasteiger partial charge on any atom is -0.353 e. The fourth-order valence-electron chi connectivity index (χ4n) is 2.89.